The molecule has 0 radical (unpaired) electrons. The maximum Gasteiger partial charge on any atom is 0.264 e. The molecule has 3 nitrogen and oxygen atoms in total. The van der Waals surface area contributed by atoms with E-state index in [2.05, 4.69) is 24.9 Å². The third-order valence-electron chi connectivity index (χ3n) is 4.23. The third-order valence-corrected chi connectivity index (χ3v) is 5.51. The maximum atomic E-state index is 12.6. The Morgan fingerprint density at radius 2 is 2.21 bits per heavy atom. The van der Waals surface area contributed by atoms with Crippen LogP contribution >= 0.6 is 11.3 Å². The summed E-state index contributed by atoms with van der Waals surface area (Å²) >= 11 is 1.68. The van der Waals surface area contributed by atoms with Gasteiger partial charge in [0, 0.05) is 26.7 Å². The van der Waals surface area contributed by atoms with Crippen LogP contribution in [0.1, 0.15) is 41.4 Å². The molecule has 1 saturated heterocycles. The van der Waals surface area contributed by atoms with Crippen molar-refractivity contribution < 1.29 is 4.79 Å². The summed E-state index contributed by atoms with van der Waals surface area (Å²) in [6.07, 6.45) is 4.74. The normalized spacial score (nSPS) is 23.4. The number of anilines is 1. The van der Waals surface area contributed by atoms with Crippen molar-refractivity contribution >= 4 is 22.2 Å². The molecule has 2 aliphatic rings. The van der Waals surface area contributed by atoms with Crippen LogP contribution in [0.3, 0.4) is 0 Å². The Morgan fingerprint density at radius 1 is 1.37 bits per heavy atom. The molecule has 19 heavy (non-hydrogen) atoms. The summed E-state index contributed by atoms with van der Waals surface area (Å²) < 4.78 is 0. The minimum atomic E-state index is 0.249. The van der Waals surface area contributed by atoms with E-state index >= 15 is 0 Å². The third kappa shape index (κ3) is 2.50. The minimum Gasteiger partial charge on any atom is -0.366 e. The summed E-state index contributed by atoms with van der Waals surface area (Å²) in [4.78, 5) is 17.9. The Kier molecular flexibility index (Phi) is 3.52. The second-order valence-electron chi connectivity index (χ2n) is 5.96. The minimum absolute atomic E-state index is 0.249. The molecular weight excluding hydrogens is 256 g/mol. The molecule has 0 spiro atoms. The molecule has 4 heteroatoms. The zero-order valence-corrected chi connectivity index (χ0v) is 12.6. The number of likely N-dealkylation sites (tertiary alicyclic amines) is 1. The lowest BCUT2D eigenvalue weighted by atomic mass is 10.00. The van der Waals surface area contributed by atoms with Crippen LogP contribution in [0.5, 0.6) is 0 Å². The molecule has 1 fully saturated rings. The van der Waals surface area contributed by atoms with E-state index in [1.807, 2.05) is 4.90 Å². The van der Waals surface area contributed by atoms with Gasteiger partial charge in [0.15, 0.2) is 0 Å². The van der Waals surface area contributed by atoms with Crippen molar-refractivity contribution in [1.29, 1.82) is 0 Å². The van der Waals surface area contributed by atoms with E-state index in [1.165, 1.54) is 23.4 Å². The fourth-order valence-electron chi connectivity index (χ4n) is 3.16. The molecule has 0 N–H and O–H groups in total. The quantitative estimate of drug-likeness (QED) is 0.788. The van der Waals surface area contributed by atoms with Gasteiger partial charge in [-0.05, 0) is 43.2 Å². The van der Waals surface area contributed by atoms with Gasteiger partial charge in [-0.15, -0.1) is 11.3 Å². The van der Waals surface area contributed by atoms with E-state index in [0.717, 1.165) is 37.4 Å². The first-order chi connectivity index (χ1) is 9.15. The van der Waals surface area contributed by atoms with Crippen molar-refractivity contribution in [3.05, 3.63) is 16.5 Å². The lowest BCUT2D eigenvalue weighted by Gasteiger charge is -2.30. The highest BCUT2D eigenvalue weighted by Crippen LogP contribution is 2.35. The highest BCUT2D eigenvalue weighted by Gasteiger charge is 2.26. The molecule has 1 aromatic rings. The summed E-state index contributed by atoms with van der Waals surface area (Å²) in [5, 5.41) is 1.31. The van der Waals surface area contributed by atoms with Gasteiger partial charge in [0.2, 0.25) is 0 Å². The molecule has 0 aliphatic carbocycles. The number of piperidine rings is 1. The van der Waals surface area contributed by atoms with E-state index < -0.39 is 0 Å². The van der Waals surface area contributed by atoms with Crippen molar-refractivity contribution in [2.24, 2.45) is 5.92 Å². The van der Waals surface area contributed by atoms with Crippen LogP contribution in [-0.4, -0.2) is 37.5 Å². The Balaban J connectivity index is 1.80. The summed E-state index contributed by atoms with van der Waals surface area (Å²) in [7, 11) is 2.13. The zero-order valence-electron chi connectivity index (χ0n) is 11.8. The second-order valence-corrected chi connectivity index (χ2v) is 7.00. The van der Waals surface area contributed by atoms with Crippen molar-refractivity contribution in [2.75, 3.05) is 31.6 Å². The van der Waals surface area contributed by atoms with Crippen LogP contribution in [-0.2, 0) is 6.42 Å². The average Bonchev–Trinajstić information content (AvgIpc) is 2.83. The number of carbonyl (C=O) groups excluding carboxylic acids is 1. The number of thiophene rings is 1. The van der Waals surface area contributed by atoms with E-state index in [0.29, 0.717) is 5.92 Å². The van der Waals surface area contributed by atoms with Crippen molar-refractivity contribution in [3.63, 3.8) is 0 Å². The van der Waals surface area contributed by atoms with Gasteiger partial charge in [-0.1, -0.05) is 6.92 Å². The van der Waals surface area contributed by atoms with Crippen LogP contribution in [0.15, 0.2) is 6.07 Å². The summed E-state index contributed by atoms with van der Waals surface area (Å²) in [5.74, 6) is 0.898. The van der Waals surface area contributed by atoms with Crippen LogP contribution in [0.25, 0.3) is 0 Å². The molecule has 3 rings (SSSR count). The lowest BCUT2D eigenvalue weighted by Crippen LogP contribution is -2.38. The van der Waals surface area contributed by atoms with E-state index in [1.54, 1.807) is 11.3 Å². The van der Waals surface area contributed by atoms with Gasteiger partial charge in [-0.25, -0.2) is 0 Å². The van der Waals surface area contributed by atoms with E-state index in [4.69, 9.17) is 0 Å². The van der Waals surface area contributed by atoms with Gasteiger partial charge in [0.1, 0.15) is 0 Å². The number of aryl methyl sites for hydroxylation is 1. The Morgan fingerprint density at radius 3 is 2.95 bits per heavy atom. The summed E-state index contributed by atoms with van der Waals surface area (Å²) in [6.45, 7) is 5.22. The van der Waals surface area contributed by atoms with Crippen molar-refractivity contribution in [1.82, 2.24) is 4.90 Å². The molecule has 1 aromatic heterocycles. The van der Waals surface area contributed by atoms with E-state index in [9.17, 15) is 4.79 Å². The molecule has 0 aromatic carbocycles. The molecule has 1 unspecified atom stereocenters. The number of fused-ring (bicyclic) bond motifs is 1. The van der Waals surface area contributed by atoms with Crippen molar-refractivity contribution in [3.8, 4) is 0 Å². The zero-order chi connectivity index (χ0) is 13.4. The standard InChI is InChI=1S/C15H22N2OS/c1-11-5-3-8-17(10-11)14(18)13-9-12-6-4-7-16(2)15(12)19-13/h9,11H,3-8,10H2,1-2H3. The van der Waals surface area contributed by atoms with E-state index in [-0.39, 0.29) is 5.91 Å². The molecular formula is C15H22N2OS. The van der Waals surface area contributed by atoms with Gasteiger partial charge >= 0.3 is 0 Å². The van der Waals surface area contributed by atoms with Gasteiger partial charge < -0.3 is 9.80 Å². The van der Waals surface area contributed by atoms with Crippen LogP contribution < -0.4 is 4.90 Å². The molecule has 2 aliphatic heterocycles. The van der Waals surface area contributed by atoms with Crippen LogP contribution in [0.2, 0.25) is 0 Å². The number of rotatable bonds is 1. The smallest absolute Gasteiger partial charge is 0.264 e. The topological polar surface area (TPSA) is 23.6 Å². The SMILES string of the molecule is CC1CCCN(C(=O)c2cc3c(s2)N(C)CCC3)C1. The molecule has 3 heterocycles. The highest BCUT2D eigenvalue weighted by molar-refractivity contribution is 7.18. The molecule has 0 bridgehead atoms. The van der Waals surface area contributed by atoms with Gasteiger partial charge in [-0.3, -0.25) is 4.79 Å². The van der Waals surface area contributed by atoms with Gasteiger partial charge in [-0.2, -0.15) is 0 Å². The maximum absolute atomic E-state index is 12.6. The van der Waals surface area contributed by atoms with Crippen LogP contribution in [0, 0.1) is 5.92 Å². The predicted octanol–water partition coefficient (Wildman–Crippen LogP) is 3.00. The first-order valence-corrected chi connectivity index (χ1v) is 8.10. The molecule has 1 atom stereocenters. The van der Waals surface area contributed by atoms with Crippen molar-refractivity contribution in [2.45, 2.75) is 32.6 Å². The average molecular weight is 278 g/mol. The van der Waals surface area contributed by atoms with Gasteiger partial charge in [0.05, 0.1) is 9.88 Å². The predicted molar refractivity (Wildman–Crippen MR) is 80.2 cm³/mol. The number of nitrogens with zero attached hydrogens (tertiary/aromatic N) is 2. The lowest BCUT2D eigenvalue weighted by molar-refractivity contribution is 0.0688. The number of carbonyl (C=O) groups is 1. The summed E-state index contributed by atoms with van der Waals surface area (Å²) in [5.41, 5.74) is 1.37. The molecule has 0 saturated carbocycles. The second kappa shape index (κ2) is 5.16. The Labute approximate surface area is 119 Å². The largest absolute Gasteiger partial charge is 0.366 e. The number of amides is 1. The monoisotopic (exact) mass is 278 g/mol. The fourth-order valence-corrected chi connectivity index (χ4v) is 4.33. The Bertz CT molecular complexity index is 482. The molecule has 104 valence electrons. The number of hydrogen-bond donors (Lipinski definition) is 0. The highest BCUT2D eigenvalue weighted by atomic mass is 32.1. The molecule has 1 amide bonds. The summed E-state index contributed by atoms with van der Waals surface area (Å²) in [6, 6.07) is 2.14. The van der Waals surface area contributed by atoms with Gasteiger partial charge in [0.25, 0.3) is 5.91 Å². The number of hydrogen-bond acceptors (Lipinski definition) is 3. The first-order valence-electron chi connectivity index (χ1n) is 7.28. The van der Waals surface area contributed by atoms with Crippen LogP contribution in [0.4, 0.5) is 5.00 Å². The first kappa shape index (κ1) is 13.0. The fraction of sp³-hybridized carbons (Fsp3) is 0.667. The Hall–Kier alpha value is -1.03.